The van der Waals surface area contributed by atoms with Gasteiger partial charge in [-0.1, -0.05) is 0 Å². The van der Waals surface area contributed by atoms with Crippen molar-refractivity contribution in [3.63, 3.8) is 0 Å². The summed E-state index contributed by atoms with van der Waals surface area (Å²) in [6.07, 6.45) is 0.0136. The van der Waals surface area contributed by atoms with Gasteiger partial charge >= 0.3 is 0 Å². The molecule has 0 rings (SSSR count). The van der Waals surface area contributed by atoms with Gasteiger partial charge in [-0.2, -0.15) is 5.26 Å². The van der Waals surface area contributed by atoms with Crippen molar-refractivity contribution >= 4 is 22.6 Å². The molecule has 0 radical (unpaired) electrons. The average Bonchev–Trinajstić information content (AvgIpc) is 2.00. The Hall–Kier alpha value is -0.220. The van der Waals surface area contributed by atoms with Gasteiger partial charge in [0.1, 0.15) is 0 Å². The first-order valence-electron chi connectivity index (χ1n) is 3.24. The lowest BCUT2D eigenvalue weighted by molar-refractivity contribution is 0.0464. The number of halogens is 3. The van der Waals surface area contributed by atoms with Crippen LogP contribution in [0.2, 0.25) is 0 Å². The van der Waals surface area contributed by atoms with E-state index >= 15 is 0 Å². The van der Waals surface area contributed by atoms with Crippen LogP contribution in [0.3, 0.4) is 0 Å². The van der Waals surface area contributed by atoms with Crippen LogP contribution < -0.4 is 0 Å². The van der Waals surface area contributed by atoms with Crippen molar-refractivity contribution < 1.29 is 13.9 Å². The van der Waals surface area contributed by atoms with Gasteiger partial charge < -0.3 is 5.11 Å². The highest BCUT2D eigenvalue weighted by Gasteiger charge is 2.25. The molecule has 0 aromatic carbocycles. The highest BCUT2D eigenvalue weighted by Crippen LogP contribution is 2.24. The summed E-state index contributed by atoms with van der Waals surface area (Å²) >= 11 is 1.63. The van der Waals surface area contributed by atoms with E-state index in [0.717, 1.165) is 0 Å². The standard InChI is InChI=1S/C7H8F2INO/c8-7(9,2-1-3-11)4-6(10)5-12/h4,12H,1-2,5H2/b6-4+. The molecule has 0 aliphatic heterocycles. The predicted molar refractivity (Wildman–Crippen MR) is 49.0 cm³/mol. The lowest BCUT2D eigenvalue weighted by Gasteiger charge is -2.09. The number of alkyl halides is 2. The van der Waals surface area contributed by atoms with Crippen LogP contribution in [-0.4, -0.2) is 17.6 Å². The molecule has 1 N–H and O–H groups in total. The van der Waals surface area contributed by atoms with E-state index < -0.39 is 12.3 Å². The molecule has 12 heavy (non-hydrogen) atoms. The molecule has 0 atom stereocenters. The van der Waals surface area contributed by atoms with E-state index in [1.54, 1.807) is 28.7 Å². The maximum atomic E-state index is 12.7. The van der Waals surface area contributed by atoms with E-state index in [1.165, 1.54) is 0 Å². The van der Waals surface area contributed by atoms with Crippen LogP contribution in [-0.2, 0) is 0 Å². The van der Waals surface area contributed by atoms with Gasteiger partial charge in [0.05, 0.1) is 12.7 Å². The monoisotopic (exact) mass is 287 g/mol. The lowest BCUT2D eigenvalue weighted by Crippen LogP contribution is -2.12. The van der Waals surface area contributed by atoms with Crippen molar-refractivity contribution in [2.75, 3.05) is 6.61 Å². The Bertz CT molecular complexity index is 210. The van der Waals surface area contributed by atoms with Gasteiger partial charge in [-0.05, 0) is 28.7 Å². The zero-order valence-corrected chi connectivity index (χ0v) is 8.38. The Balaban J connectivity index is 4.13. The molecule has 0 saturated carbocycles. The van der Waals surface area contributed by atoms with Crippen molar-refractivity contribution in [1.82, 2.24) is 0 Å². The van der Waals surface area contributed by atoms with Gasteiger partial charge in [-0.3, -0.25) is 0 Å². The molecule has 0 bridgehead atoms. The first-order valence-corrected chi connectivity index (χ1v) is 4.32. The summed E-state index contributed by atoms with van der Waals surface area (Å²) in [4.78, 5) is 0. The van der Waals surface area contributed by atoms with Gasteiger partial charge in [0.15, 0.2) is 0 Å². The van der Waals surface area contributed by atoms with Crippen LogP contribution >= 0.6 is 22.6 Å². The maximum Gasteiger partial charge on any atom is 0.268 e. The Kier molecular flexibility index (Phi) is 5.33. The molecule has 2 nitrogen and oxygen atoms in total. The summed E-state index contributed by atoms with van der Waals surface area (Å²) in [6, 6.07) is 1.64. The van der Waals surface area contributed by atoms with Crippen LogP contribution in [0.4, 0.5) is 8.78 Å². The van der Waals surface area contributed by atoms with Gasteiger partial charge in [0, 0.05) is 16.4 Å². The summed E-state index contributed by atoms with van der Waals surface area (Å²) in [5.74, 6) is -2.98. The van der Waals surface area contributed by atoms with Crippen LogP contribution in [0.1, 0.15) is 12.8 Å². The molecule has 0 aromatic heterocycles. The Morgan fingerprint density at radius 3 is 2.67 bits per heavy atom. The molecular weight excluding hydrogens is 279 g/mol. The van der Waals surface area contributed by atoms with Crippen LogP contribution in [0, 0.1) is 11.3 Å². The van der Waals surface area contributed by atoms with E-state index in [2.05, 4.69) is 0 Å². The molecular formula is C7H8F2INO. The molecule has 0 heterocycles. The lowest BCUT2D eigenvalue weighted by atomic mass is 10.2. The Morgan fingerprint density at radius 2 is 2.25 bits per heavy atom. The second-order valence-corrected chi connectivity index (χ2v) is 3.55. The largest absolute Gasteiger partial charge is 0.391 e. The third kappa shape index (κ3) is 5.43. The molecule has 0 spiro atoms. The van der Waals surface area contributed by atoms with Crippen molar-refractivity contribution in [3.05, 3.63) is 9.66 Å². The predicted octanol–water partition coefficient (Wildman–Crippen LogP) is 2.24. The van der Waals surface area contributed by atoms with Crippen molar-refractivity contribution in [1.29, 1.82) is 5.26 Å². The average molecular weight is 287 g/mol. The highest BCUT2D eigenvalue weighted by molar-refractivity contribution is 14.1. The summed E-state index contributed by atoms with van der Waals surface area (Å²) in [5, 5.41) is 16.5. The fourth-order valence-electron chi connectivity index (χ4n) is 0.570. The van der Waals surface area contributed by atoms with Crippen LogP contribution in [0.5, 0.6) is 0 Å². The molecule has 0 fully saturated rings. The summed E-state index contributed by atoms with van der Waals surface area (Å²) < 4.78 is 25.6. The second kappa shape index (κ2) is 5.43. The molecule has 0 aliphatic rings. The summed E-state index contributed by atoms with van der Waals surface area (Å²) in [5.41, 5.74) is 0. The number of aliphatic hydroxyl groups excluding tert-OH is 1. The first kappa shape index (κ1) is 11.8. The van der Waals surface area contributed by atoms with Gasteiger partial charge in [0.25, 0.3) is 5.92 Å². The van der Waals surface area contributed by atoms with E-state index in [0.29, 0.717) is 6.08 Å². The van der Waals surface area contributed by atoms with E-state index in [4.69, 9.17) is 10.4 Å². The normalized spacial score (nSPS) is 12.8. The first-order chi connectivity index (χ1) is 5.52. The number of allylic oxidation sites excluding steroid dienone is 1. The zero-order chi connectivity index (χ0) is 9.61. The minimum Gasteiger partial charge on any atom is -0.391 e. The van der Waals surface area contributed by atoms with Crippen molar-refractivity contribution in [2.24, 2.45) is 0 Å². The number of aliphatic hydroxyl groups is 1. The second-order valence-electron chi connectivity index (χ2n) is 2.17. The highest BCUT2D eigenvalue weighted by atomic mass is 127. The maximum absolute atomic E-state index is 12.7. The van der Waals surface area contributed by atoms with Crippen LogP contribution in [0.25, 0.3) is 0 Å². The Morgan fingerprint density at radius 1 is 1.67 bits per heavy atom. The SMILES string of the molecule is N#CCCC(F)(F)/C=C(/I)CO. The number of hydrogen-bond acceptors (Lipinski definition) is 2. The third-order valence-electron chi connectivity index (χ3n) is 1.09. The van der Waals surface area contributed by atoms with Gasteiger partial charge in [-0.15, -0.1) is 0 Å². The number of nitrogens with zero attached hydrogens (tertiary/aromatic N) is 1. The quantitative estimate of drug-likeness (QED) is 0.806. The number of hydrogen-bond donors (Lipinski definition) is 1. The fourth-order valence-corrected chi connectivity index (χ4v) is 1.03. The van der Waals surface area contributed by atoms with Crippen LogP contribution in [0.15, 0.2) is 9.66 Å². The van der Waals surface area contributed by atoms with E-state index in [-0.39, 0.29) is 16.6 Å². The van der Waals surface area contributed by atoms with E-state index in [1.807, 2.05) is 0 Å². The number of rotatable bonds is 4. The minimum atomic E-state index is -2.98. The molecule has 0 unspecified atom stereocenters. The van der Waals surface area contributed by atoms with Gasteiger partial charge in [-0.25, -0.2) is 8.78 Å². The molecule has 0 amide bonds. The third-order valence-corrected chi connectivity index (χ3v) is 1.74. The topological polar surface area (TPSA) is 44.0 Å². The summed E-state index contributed by atoms with van der Waals surface area (Å²) in [7, 11) is 0. The van der Waals surface area contributed by atoms with Crippen molar-refractivity contribution in [3.8, 4) is 6.07 Å². The molecule has 0 aliphatic carbocycles. The fraction of sp³-hybridized carbons (Fsp3) is 0.571. The number of nitriles is 1. The zero-order valence-electron chi connectivity index (χ0n) is 6.23. The molecule has 0 saturated heterocycles. The molecule has 0 aromatic rings. The molecule has 68 valence electrons. The smallest absolute Gasteiger partial charge is 0.268 e. The summed E-state index contributed by atoms with van der Waals surface area (Å²) in [6.45, 7) is -0.386. The van der Waals surface area contributed by atoms with Crippen molar-refractivity contribution in [2.45, 2.75) is 18.8 Å². The molecule has 5 heteroatoms. The van der Waals surface area contributed by atoms with E-state index in [9.17, 15) is 8.78 Å². The van der Waals surface area contributed by atoms with Gasteiger partial charge in [0.2, 0.25) is 0 Å². The minimum absolute atomic E-state index is 0.182. The Labute approximate surface area is 83.0 Å².